The molecule has 1 atom stereocenters. The Bertz CT molecular complexity index is 552. The first-order valence-electron chi connectivity index (χ1n) is 8.66. The van der Waals surface area contributed by atoms with Crippen LogP contribution < -0.4 is 10.6 Å². The molecule has 0 saturated heterocycles. The van der Waals surface area contributed by atoms with Gasteiger partial charge < -0.3 is 20.3 Å². The summed E-state index contributed by atoms with van der Waals surface area (Å²) in [6, 6.07) is 10.4. The van der Waals surface area contributed by atoms with Crippen LogP contribution in [0.25, 0.3) is 0 Å². The second kappa shape index (κ2) is 9.91. The number of hydrogen-bond donors (Lipinski definition) is 2. The Kier molecular flexibility index (Phi) is 8.25. The molecule has 1 rings (SSSR count). The lowest BCUT2D eigenvalue weighted by molar-refractivity contribution is 0.0302. The molecule has 0 fully saturated rings. The number of carbonyl (C=O) groups excluding carboxylic acids is 1. The molecule has 140 valence electrons. The maximum atomic E-state index is 11.9. The van der Waals surface area contributed by atoms with Crippen LogP contribution in [0.5, 0.6) is 0 Å². The maximum Gasteiger partial charge on any atom is 0.410 e. The topological polar surface area (TPSA) is 66.0 Å². The van der Waals surface area contributed by atoms with Crippen LogP contribution in [0.4, 0.5) is 4.79 Å². The first-order valence-corrected chi connectivity index (χ1v) is 8.66. The summed E-state index contributed by atoms with van der Waals surface area (Å²) in [5.41, 5.74) is 0.805. The van der Waals surface area contributed by atoms with E-state index in [1.807, 2.05) is 39.0 Å². The Morgan fingerprint density at radius 2 is 1.88 bits per heavy atom. The van der Waals surface area contributed by atoms with E-state index in [2.05, 4.69) is 34.7 Å². The second-order valence-corrected chi connectivity index (χ2v) is 7.09. The minimum absolute atomic E-state index is 0.324. The maximum absolute atomic E-state index is 11.9. The highest BCUT2D eigenvalue weighted by atomic mass is 16.6. The Morgan fingerprint density at radius 1 is 1.24 bits per heavy atom. The molecule has 0 bridgehead atoms. The predicted molar refractivity (Wildman–Crippen MR) is 103 cm³/mol. The highest BCUT2D eigenvalue weighted by Gasteiger charge is 2.19. The molecule has 1 amide bonds. The van der Waals surface area contributed by atoms with Crippen molar-refractivity contribution in [2.24, 2.45) is 4.99 Å². The third-order valence-electron chi connectivity index (χ3n) is 3.61. The Hall–Kier alpha value is -2.24. The molecular formula is C19H32N4O2. The van der Waals surface area contributed by atoms with Crippen molar-refractivity contribution in [3.8, 4) is 0 Å². The number of likely N-dealkylation sites (N-methyl/N-ethyl adjacent to an activating group) is 1. The highest BCUT2D eigenvalue weighted by Crippen LogP contribution is 2.12. The molecule has 0 aliphatic heterocycles. The molecule has 1 aromatic carbocycles. The Balaban J connectivity index is 2.34. The average molecular weight is 348 g/mol. The summed E-state index contributed by atoms with van der Waals surface area (Å²) < 4.78 is 5.32. The van der Waals surface area contributed by atoms with Crippen molar-refractivity contribution in [3.05, 3.63) is 35.9 Å². The number of carbonyl (C=O) groups is 1. The van der Waals surface area contributed by atoms with Crippen LogP contribution in [0.3, 0.4) is 0 Å². The van der Waals surface area contributed by atoms with E-state index in [-0.39, 0.29) is 6.09 Å². The number of rotatable bonds is 6. The fraction of sp³-hybridized carbons (Fsp3) is 0.579. The quantitative estimate of drug-likeness (QED) is 0.613. The van der Waals surface area contributed by atoms with Crippen molar-refractivity contribution in [1.82, 2.24) is 15.5 Å². The smallest absolute Gasteiger partial charge is 0.410 e. The van der Waals surface area contributed by atoms with Gasteiger partial charge in [0.15, 0.2) is 5.96 Å². The van der Waals surface area contributed by atoms with Gasteiger partial charge in [0.25, 0.3) is 0 Å². The van der Waals surface area contributed by atoms with E-state index in [9.17, 15) is 4.79 Å². The number of ether oxygens (including phenoxy) is 1. The van der Waals surface area contributed by atoms with Gasteiger partial charge >= 0.3 is 6.09 Å². The molecule has 0 aromatic heterocycles. The monoisotopic (exact) mass is 348 g/mol. The Morgan fingerprint density at radius 3 is 2.44 bits per heavy atom. The van der Waals surface area contributed by atoms with E-state index >= 15 is 0 Å². The molecule has 0 heterocycles. The van der Waals surface area contributed by atoms with Crippen LogP contribution in [0.15, 0.2) is 35.3 Å². The summed E-state index contributed by atoms with van der Waals surface area (Å²) in [6.07, 6.45) is -0.324. The van der Waals surface area contributed by atoms with Gasteiger partial charge in [0.2, 0.25) is 0 Å². The van der Waals surface area contributed by atoms with E-state index in [0.29, 0.717) is 19.0 Å². The van der Waals surface area contributed by atoms with Gasteiger partial charge in [-0.1, -0.05) is 37.3 Å². The molecule has 6 heteroatoms. The summed E-state index contributed by atoms with van der Waals surface area (Å²) in [4.78, 5) is 17.7. The predicted octanol–water partition coefficient (Wildman–Crippen LogP) is 2.82. The number of nitrogens with one attached hydrogen (secondary N) is 2. The average Bonchev–Trinajstić information content (AvgIpc) is 2.56. The first kappa shape index (κ1) is 20.8. The van der Waals surface area contributed by atoms with Gasteiger partial charge in [0.1, 0.15) is 5.60 Å². The number of hydrogen-bond acceptors (Lipinski definition) is 3. The van der Waals surface area contributed by atoms with E-state index in [1.165, 1.54) is 5.56 Å². The molecule has 0 spiro atoms. The van der Waals surface area contributed by atoms with Crippen molar-refractivity contribution >= 4 is 12.1 Å². The molecule has 6 nitrogen and oxygen atoms in total. The van der Waals surface area contributed by atoms with E-state index in [0.717, 1.165) is 12.5 Å². The minimum Gasteiger partial charge on any atom is -0.444 e. The largest absolute Gasteiger partial charge is 0.444 e. The number of aliphatic imine (C=N–C) groups is 1. The van der Waals surface area contributed by atoms with Gasteiger partial charge in [0, 0.05) is 33.7 Å². The van der Waals surface area contributed by atoms with Crippen molar-refractivity contribution < 1.29 is 9.53 Å². The lowest BCUT2D eigenvalue weighted by Crippen LogP contribution is -2.43. The fourth-order valence-corrected chi connectivity index (χ4v) is 2.14. The van der Waals surface area contributed by atoms with Crippen LogP contribution in [0.1, 0.15) is 39.2 Å². The number of nitrogens with zero attached hydrogens (tertiary/aromatic N) is 2. The third-order valence-corrected chi connectivity index (χ3v) is 3.61. The van der Waals surface area contributed by atoms with Crippen molar-refractivity contribution in [1.29, 1.82) is 0 Å². The standard InChI is InChI=1S/C19H32N4O2/c1-15(16-10-8-7-9-11-16)14-22-17(20-5)21-12-13-23(6)18(24)25-19(2,3)4/h7-11,15H,12-14H2,1-6H3,(H2,20,21,22). The van der Waals surface area contributed by atoms with Crippen LogP contribution in [-0.4, -0.2) is 56.3 Å². The zero-order valence-electron chi connectivity index (χ0n) is 16.3. The molecule has 1 unspecified atom stereocenters. The van der Waals surface area contributed by atoms with Gasteiger partial charge in [-0.25, -0.2) is 4.79 Å². The summed E-state index contributed by atoms with van der Waals surface area (Å²) in [6.45, 7) is 9.65. The summed E-state index contributed by atoms with van der Waals surface area (Å²) in [5, 5.41) is 6.53. The number of amides is 1. The van der Waals surface area contributed by atoms with Gasteiger partial charge in [0.05, 0.1) is 0 Å². The molecule has 0 saturated carbocycles. The summed E-state index contributed by atoms with van der Waals surface area (Å²) >= 11 is 0. The van der Waals surface area contributed by atoms with Crippen LogP contribution >= 0.6 is 0 Å². The van der Waals surface area contributed by atoms with Crippen molar-refractivity contribution in [3.63, 3.8) is 0 Å². The van der Waals surface area contributed by atoms with Gasteiger partial charge in [-0.3, -0.25) is 4.99 Å². The molecule has 1 aromatic rings. The minimum atomic E-state index is -0.482. The van der Waals surface area contributed by atoms with Crippen LogP contribution in [0, 0.1) is 0 Å². The molecule has 0 aliphatic carbocycles. The highest BCUT2D eigenvalue weighted by molar-refractivity contribution is 5.79. The number of benzene rings is 1. The van der Waals surface area contributed by atoms with Crippen LogP contribution in [-0.2, 0) is 4.74 Å². The second-order valence-electron chi connectivity index (χ2n) is 7.09. The normalized spacial score (nSPS) is 13.1. The van der Waals surface area contributed by atoms with Crippen LogP contribution in [0.2, 0.25) is 0 Å². The SMILES string of the molecule is CN=C(NCCN(C)C(=O)OC(C)(C)C)NCC(C)c1ccccc1. The van der Waals surface area contributed by atoms with Crippen molar-refractivity contribution in [2.45, 2.75) is 39.2 Å². The van der Waals surface area contributed by atoms with E-state index in [1.54, 1.807) is 19.0 Å². The summed E-state index contributed by atoms with van der Waals surface area (Å²) in [7, 11) is 3.46. The zero-order valence-corrected chi connectivity index (χ0v) is 16.3. The van der Waals surface area contributed by atoms with E-state index in [4.69, 9.17) is 4.74 Å². The third kappa shape index (κ3) is 8.42. The lowest BCUT2D eigenvalue weighted by atomic mass is 10.0. The van der Waals surface area contributed by atoms with Gasteiger partial charge in [-0.15, -0.1) is 0 Å². The Labute approximate surface area is 151 Å². The van der Waals surface area contributed by atoms with E-state index < -0.39 is 5.60 Å². The molecule has 2 N–H and O–H groups in total. The van der Waals surface area contributed by atoms with Gasteiger partial charge in [-0.2, -0.15) is 0 Å². The molecule has 0 aliphatic rings. The molecule has 25 heavy (non-hydrogen) atoms. The first-order chi connectivity index (χ1) is 11.7. The van der Waals surface area contributed by atoms with Crippen molar-refractivity contribution in [2.75, 3.05) is 33.7 Å². The number of guanidine groups is 1. The zero-order chi connectivity index (χ0) is 18.9. The molecule has 0 radical (unpaired) electrons. The fourth-order valence-electron chi connectivity index (χ4n) is 2.14. The summed E-state index contributed by atoms with van der Waals surface area (Å²) in [5.74, 6) is 1.10. The lowest BCUT2D eigenvalue weighted by Gasteiger charge is -2.25. The molecular weight excluding hydrogens is 316 g/mol. The van der Waals surface area contributed by atoms with Gasteiger partial charge in [-0.05, 0) is 32.3 Å².